The van der Waals surface area contributed by atoms with E-state index in [2.05, 4.69) is 46.4 Å². The van der Waals surface area contributed by atoms with E-state index in [0.717, 1.165) is 49.3 Å². The van der Waals surface area contributed by atoms with Crippen molar-refractivity contribution in [2.45, 2.75) is 38.8 Å². The Kier molecular flexibility index (Phi) is 6.99. The number of aryl methyl sites for hydroxylation is 2. The fourth-order valence-electron chi connectivity index (χ4n) is 4.03. The molecule has 0 amide bonds. The number of nitrogens with zero attached hydrogens (tertiary/aromatic N) is 3. The first kappa shape index (κ1) is 21.5. The summed E-state index contributed by atoms with van der Waals surface area (Å²) in [6.45, 7) is 6.28. The Bertz CT molecular complexity index is 1020. The lowest BCUT2D eigenvalue weighted by molar-refractivity contribution is 0.165. The molecule has 2 heterocycles. The van der Waals surface area contributed by atoms with Crippen LogP contribution in [0.15, 0.2) is 54.7 Å². The van der Waals surface area contributed by atoms with Crippen LogP contribution in [0.4, 0.5) is 8.78 Å². The minimum Gasteiger partial charge on any atom is -0.314 e. The summed E-state index contributed by atoms with van der Waals surface area (Å²) in [5.41, 5.74) is 3.62. The maximum absolute atomic E-state index is 13.8. The zero-order valence-corrected chi connectivity index (χ0v) is 17.8. The molecular formula is C25H28F2N4. The first-order valence-corrected chi connectivity index (χ1v) is 10.9. The molecule has 1 fully saturated rings. The molecule has 1 aliphatic heterocycles. The molecule has 1 saturated heterocycles. The second-order valence-corrected chi connectivity index (χ2v) is 8.17. The van der Waals surface area contributed by atoms with Crippen molar-refractivity contribution >= 4 is 0 Å². The monoisotopic (exact) mass is 422 g/mol. The second kappa shape index (κ2) is 10.1. The molecule has 0 radical (unpaired) electrons. The average molecular weight is 423 g/mol. The molecule has 0 saturated carbocycles. The highest BCUT2D eigenvalue weighted by atomic mass is 19.1. The Morgan fingerprint density at radius 1 is 1.10 bits per heavy atom. The van der Waals surface area contributed by atoms with Crippen molar-refractivity contribution in [1.29, 1.82) is 0 Å². The summed E-state index contributed by atoms with van der Waals surface area (Å²) in [5.74, 6) is -0.0631. The topological polar surface area (TPSA) is 41.0 Å². The van der Waals surface area contributed by atoms with Crippen LogP contribution in [-0.2, 0) is 19.4 Å². The van der Waals surface area contributed by atoms with E-state index in [1.165, 1.54) is 17.7 Å². The van der Waals surface area contributed by atoms with Gasteiger partial charge in [-0.15, -0.1) is 0 Å². The molecule has 1 N–H and O–H groups in total. The number of aromatic nitrogens is 2. The first-order chi connectivity index (χ1) is 15.1. The lowest BCUT2D eigenvalue weighted by Gasteiger charge is -2.33. The zero-order valence-electron chi connectivity index (χ0n) is 17.8. The number of hydrogen-bond donors (Lipinski definition) is 1. The van der Waals surface area contributed by atoms with Crippen LogP contribution in [-0.4, -0.2) is 40.5 Å². The number of rotatable bonds is 7. The summed E-state index contributed by atoms with van der Waals surface area (Å²) in [5, 5.41) is 3.43. The highest BCUT2D eigenvalue weighted by Gasteiger charge is 2.18. The van der Waals surface area contributed by atoms with E-state index in [4.69, 9.17) is 4.98 Å². The van der Waals surface area contributed by atoms with Gasteiger partial charge in [0.1, 0.15) is 17.5 Å². The quantitative estimate of drug-likeness (QED) is 0.613. The molecule has 1 aromatic heterocycles. The number of halogens is 2. The summed E-state index contributed by atoms with van der Waals surface area (Å²) in [6.07, 6.45) is 3.49. The highest BCUT2D eigenvalue weighted by Crippen LogP contribution is 2.20. The summed E-state index contributed by atoms with van der Waals surface area (Å²) in [6, 6.07) is 14.5. The molecular weight excluding hydrogens is 394 g/mol. The van der Waals surface area contributed by atoms with Gasteiger partial charge in [0.15, 0.2) is 0 Å². The third-order valence-corrected chi connectivity index (χ3v) is 5.81. The van der Waals surface area contributed by atoms with Crippen LogP contribution < -0.4 is 5.32 Å². The fourth-order valence-corrected chi connectivity index (χ4v) is 4.03. The van der Waals surface area contributed by atoms with E-state index in [9.17, 15) is 8.78 Å². The van der Waals surface area contributed by atoms with Crippen molar-refractivity contribution in [3.8, 4) is 11.3 Å². The van der Waals surface area contributed by atoms with E-state index in [1.54, 1.807) is 6.20 Å². The number of nitrogens with one attached hydrogen (secondary N) is 1. The second-order valence-electron chi connectivity index (χ2n) is 8.17. The Hall–Kier alpha value is -2.70. The Labute approximate surface area is 182 Å². The Morgan fingerprint density at radius 3 is 2.87 bits per heavy atom. The van der Waals surface area contributed by atoms with Crippen LogP contribution in [0.2, 0.25) is 0 Å². The molecule has 6 heteroatoms. The van der Waals surface area contributed by atoms with Crippen LogP contribution in [0.5, 0.6) is 0 Å². The highest BCUT2D eigenvalue weighted by molar-refractivity contribution is 5.59. The Balaban J connectivity index is 1.41. The molecule has 1 atom stereocenters. The largest absolute Gasteiger partial charge is 0.314 e. The molecule has 0 aliphatic carbocycles. The molecule has 162 valence electrons. The molecule has 4 nitrogen and oxygen atoms in total. The normalized spacial score (nSPS) is 17.1. The van der Waals surface area contributed by atoms with Crippen LogP contribution in [0, 0.1) is 11.6 Å². The van der Waals surface area contributed by atoms with E-state index in [-0.39, 0.29) is 5.82 Å². The van der Waals surface area contributed by atoms with Gasteiger partial charge in [-0.1, -0.05) is 18.2 Å². The number of piperazine rings is 1. The standard InChI is InChI=1S/C25H28F2N4/c1-18-16-28-12-13-31(18)17-19-4-2-6-21(14-19)24-10-11-29-25(30-24)7-3-5-20-15-22(26)8-9-23(20)27/h2,4,6,8-11,14-15,18,28H,3,5,7,12-13,16-17H2,1H3/t18-/m0/s1. The van der Waals surface area contributed by atoms with Gasteiger partial charge in [0.2, 0.25) is 0 Å². The maximum Gasteiger partial charge on any atom is 0.128 e. The number of hydrogen-bond acceptors (Lipinski definition) is 4. The van der Waals surface area contributed by atoms with Gasteiger partial charge in [0.05, 0.1) is 5.69 Å². The molecule has 0 bridgehead atoms. The van der Waals surface area contributed by atoms with Gasteiger partial charge in [-0.3, -0.25) is 4.90 Å². The van der Waals surface area contributed by atoms with Gasteiger partial charge >= 0.3 is 0 Å². The van der Waals surface area contributed by atoms with Crippen molar-refractivity contribution in [2.75, 3.05) is 19.6 Å². The third kappa shape index (κ3) is 5.71. The van der Waals surface area contributed by atoms with Crippen molar-refractivity contribution in [1.82, 2.24) is 20.2 Å². The van der Waals surface area contributed by atoms with Gasteiger partial charge in [-0.05, 0) is 61.2 Å². The molecule has 2 aromatic carbocycles. The van der Waals surface area contributed by atoms with Crippen LogP contribution in [0.3, 0.4) is 0 Å². The van der Waals surface area contributed by atoms with E-state index >= 15 is 0 Å². The summed E-state index contributed by atoms with van der Waals surface area (Å²) >= 11 is 0. The van der Waals surface area contributed by atoms with Crippen LogP contribution in [0.25, 0.3) is 11.3 Å². The fraction of sp³-hybridized carbons (Fsp3) is 0.360. The minimum absolute atomic E-state index is 0.369. The third-order valence-electron chi connectivity index (χ3n) is 5.81. The molecule has 0 spiro atoms. The average Bonchev–Trinajstić information content (AvgIpc) is 2.78. The summed E-state index contributed by atoms with van der Waals surface area (Å²) < 4.78 is 27.1. The van der Waals surface area contributed by atoms with Gasteiger partial charge in [0.25, 0.3) is 0 Å². The molecule has 1 aliphatic rings. The Morgan fingerprint density at radius 2 is 2.00 bits per heavy atom. The van der Waals surface area contributed by atoms with Crippen molar-refractivity contribution in [3.63, 3.8) is 0 Å². The lowest BCUT2D eigenvalue weighted by atomic mass is 10.1. The SMILES string of the molecule is C[C@H]1CNCCN1Cc1cccc(-c2ccnc(CCCc3cc(F)ccc3F)n2)c1. The lowest BCUT2D eigenvalue weighted by Crippen LogP contribution is -2.49. The van der Waals surface area contributed by atoms with Gasteiger partial charge < -0.3 is 5.32 Å². The van der Waals surface area contributed by atoms with E-state index in [0.29, 0.717) is 30.9 Å². The van der Waals surface area contributed by atoms with Crippen LogP contribution in [0.1, 0.15) is 30.3 Å². The minimum atomic E-state index is -0.412. The van der Waals surface area contributed by atoms with Crippen molar-refractivity contribution in [2.24, 2.45) is 0 Å². The first-order valence-electron chi connectivity index (χ1n) is 10.9. The molecule has 31 heavy (non-hydrogen) atoms. The van der Waals surface area contributed by atoms with E-state index < -0.39 is 5.82 Å². The van der Waals surface area contributed by atoms with Gasteiger partial charge in [0, 0.05) is 50.4 Å². The smallest absolute Gasteiger partial charge is 0.128 e. The van der Waals surface area contributed by atoms with Crippen molar-refractivity contribution < 1.29 is 8.78 Å². The zero-order chi connectivity index (χ0) is 21.6. The van der Waals surface area contributed by atoms with E-state index in [1.807, 2.05) is 6.07 Å². The van der Waals surface area contributed by atoms with Crippen LogP contribution >= 0.6 is 0 Å². The summed E-state index contributed by atoms with van der Waals surface area (Å²) in [7, 11) is 0. The maximum atomic E-state index is 13.8. The van der Waals surface area contributed by atoms with Gasteiger partial charge in [-0.2, -0.15) is 0 Å². The predicted molar refractivity (Wildman–Crippen MR) is 119 cm³/mol. The predicted octanol–water partition coefficient (Wildman–Crippen LogP) is 4.39. The number of benzene rings is 2. The van der Waals surface area contributed by atoms with Crippen molar-refractivity contribution in [3.05, 3.63) is 83.3 Å². The molecule has 4 rings (SSSR count). The van der Waals surface area contributed by atoms with Gasteiger partial charge in [-0.25, -0.2) is 18.7 Å². The molecule has 0 unspecified atom stereocenters. The summed E-state index contributed by atoms with van der Waals surface area (Å²) in [4.78, 5) is 11.6. The molecule has 3 aromatic rings.